The molecule has 1 saturated heterocycles. The Bertz CT molecular complexity index is 344. The third kappa shape index (κ3) is 3.72. The van der Waals surface area contributed by atoms with E-state index in [-0.39, 0.29) is 0 Å². The van der Waals surface area contributed by atoms with Gasteiger partial charge in [-0.15, -0.1) is 0 Å². The van der Waals surface area contributed by atoms with Crippen molar-refractivity contribution in [3.8, 4) is 5.75 Å². The fourth-order valence-corrected chi connectivity index (χ4v) is 2.19. The number of benzene rings is 1. The maximum atomic E-state index is 5.58. The first-order valence-electron chi connectivity index (χ1n) is 6.86. The minimum atomic E-state index is 0.358. The topological polar surface area (TPSA) is 30.5 Å². The number of hydrogen-bond acceptors (Lipinski definition) is 3. The molecule has 2 unspecified atom stereocenters. The van der Waals surface area contributed by atoms with Gasteiger partial charge in [0.1, 0.15) is 5.75 Å². The molecule has 2 atom stereocenters. The Hall–Kier alpha value is -1.06. The summed E-state index contributed by atoms with van der Waals surface area (Å²) in [6.45, 7) is 6.81. The molecule has 100 valence electrons. The zero-order valence-corrected chi connectivity index (χ0v) is 11.3. The number of rotatable bonds is 6. The summed E-state index contributed by atoms with van der Waals surface area (Å²) >= 11 is 0. The van der Waals surface area contributed by atoms with Crippen molar-refractivity contribution in [3.63, 3.8) is 0 Å². The average Bonchev–Trinajstić information content (AvgIpc) is 2.89. The van der Waals surface area contributed by atoms with Crippen molar-refractivity contribution < 1.29 is 9.47 Å². The highest BCUT2D eigenvalue weighted by Gasteiger charge is 2.17. The van der Waals surface area contributed by atoms with Crippen LogP contribution in [0.25, 0.3) is 0 Å². The quantitative estimate of drug-likeness (QED) is 0.841. The predicted octanol–water partition coefficient (Wildman–Crippen LogP) is 2.91. The van der Waals surface area contributed by atoms with Gasteiger partial charge in [-0.25, -0.2) is 0 Å². The first-order valence-corrected chi connectivity index (χ1v) is 6.86. The highest BCUT2D eigenvalue weighted by molar-refractivity contribution is 5.29. The Labute approximate surface area is 109 Å². The van der Waals surface area contributed by atoms with Crippen molar-refractivity contribution in [1.29, 1.82) is 0 Å². The molecule has 1 N–H and O–H groups in total. The van der Waals surface area contributed by atoms with Crippen LogP contribution in [0.3, 0.4) is 0 Å². The van der Waals surface area contributed by atoms with Crippen molar-refractivity contribution in [2.24, 2.45) is 0 Å². The van der Waals surface area contributed by atoms with Crippen molar-refractivity contribution in [3.05, 3.63) is 29.8 Å². The van der Waals surface area contributed by atoms with Crippen molar-refractivity contribution >= 4 is 0 Å². The summed E-state index contributed by atoms with van der Waals surface area (Å²) in [4.78, 5) is 0. The molecule has 1 aliphatic heterocycles. The van der Waals surface area contributed by atoms with E-state index in [9.17, 15) is 0 Å². The van der Waals surface area contributed by atoms with Crippen molar-refractivity contribution in [2.45, 2.75) is 38.8 Å². The molecule has 3 nitrogen and oxygen atoms in total. The number of nitrogens with one attached hydrogen (secondary N) is 1. The van der Waals surface area contributed by atoms with Gasteiger partial charge in [-0.1, -0.05) is 19.1 Å². The van der Waals surface area contributed by atoms with Gasteiger partial charge >= 0.3 is 0 Å². The smallest absolute Gasteiger partial charge is 0.119 e. The largest absolute Gasteiger partial charge is 0.494 e. The highest BCUT2D eigenvalue weighted by Crippen LogP contribution is 2.19. The molecule has 0 aromatic heterocycles. The molecule has 0 spiro atoms. The van der Waals surface area contributed by atoms with Crippen LogP contribution in [0, 0.1) is 0 Å². The molecule has 1 aromatic carbocycles. The molecule has 0 aliphatic carbocycles. The van der Waals surface area contributed by atoms with Gasteiger partial charge in [0.25, 0.3) is 0 Å². The summed E-state index contributed by atoms with van der Waals surface area (Å²) in [5.74, 6) is 0.956. The van der Waals surface area contributed by atoms with Gasteiger partial charge in [0, 0.05) is 18.7 Å². The lowest BCUT2D eigenvalue weighted by molar-refractivity contribution is 0.188. The summed E-state index contributed by atoms with van der Waals surface area (Å²) in [5, 5.41) is 3.59. The summed E-state index contributed by atoms with van der Waals surface area (Å²) in [6, 6.07) is 9.23. The van der Waals surface area contributed by atoms with E-state index in [1.807, 2.05) is 12.1 Å². The van der Waals surface area contributed by atoms with Gasteiger partial charge in [-0.05, 0) is 37.5 Å². The molecule has 3 heteroatoms. The SMILES string of the molecule is CCCOc1ccc(C(C)NC2CCOC2)cc1. The lowest BCUT2D eigenvalue weighted by Gasteiger charge is -2.19. The Morgan fingerprint density at radius 1 is 1.39 bits per heavy atom. The molecule has 1 fully saturated rings. The molecule has 1 heterocycles. The average molecular weight is 249 g/mol. The summed E-state index contributed by atoms with van der Waals surface area (Å²) in [7, 11) is 0. The van der Waals surface area contributed by atoms with Gasteiger partial charge in [0.05, 0.1) is 13.2 Å². The first kappa shape index (κ1) is 13.4. The maximum Gasteiger partial charge on any atom is 0.119 e. The zero-order valence-electron chi connectivity index (χ0n) is 11.3. The van der Waals surface area contributed by atoms with Crippen molar-refractivity contribution in [1.82, 2.24) is 5.32 Å². The maximum absolute atomic E-state index is 5.58. The van der Waals surface area contributed by atoms with Gasteiger partial charge in [-0.2, -0.15) is 0 Å². The normalized spacial score (nSPS) is 20.9. The highest BCUT2D eigenvalue weighted by atomic mass is 16.5. The van der Waals surface area contributed by atoms with E-state index in [1.165, 1.54) is 5.56 Å². The fraction of sp³-hybridized carbons (Fsp3) is 0.600. The molecular formula is C15H23NO2. The molecule has 0 radical (unpaired) electrons. The molecule has 1 aliphatic rings. The minimum Gasteiger partial charge on any atom is -0.494 e. The fourth-order valence-electron chi connectivity index (χ4n) is 2.19. The zero-order chi connectivity index (χ0) is 12.8. The molecule has 0 amide bonds. The lowest BCUT2D eigenvalue weighted by atomic mass is 10.1. The van der Waals surface area contributed by atoms with E-state index in [2.05, 4.69) is 31.3 Å². The standard InChI is InChI=1S/C15H23NO2/c1-3-9-18-15-6-4-13(5-7-15)12(2)16-14-8-10-17-11-14/h4-7,12,14,16H,3,8-11H2,1-2H3. The van der Waals surface area contributed by atoms with E-state index in [4.69, 9.17) is 9.47 Å². The monoisotopic (exact) mass is 249 g/mol. The van der Waals surface area contributed by atoms with Gasteiger partial charge in [0.15, 0.2) is 0 Å². The van der Waals surface area contributed by atoms with Crippen LogP contribution in [0.5, 0.6) is 5.75 Å². The van der Waals surface area contributed by atoms with Crippen LogP contribution in [-0.2, 0) is 4.74 Å². The second-order valence-corrected chi connectivity index (χ2v) is 4.87. The van der Waals surface area contributed by atoms with Crippen LogP contribution < -0.4 is 10.1 Å². The molecule has 0 saturated carbocycles. The van der Waals surface area contributed by atoms with Crippen LogP contribution in [0.15, 0.2) is 24.3 Å². The first-order chi connectivity index (χ1) is 8.79. The Morgan fingerprint density at radius 2 is 2.17 bits per heavy atom. The second-order valence-electron chi connectivity index (χ2n) is 4.87. The molecule has 0 bridgehead atoms. The molecule has 1 aromatic rings. The van der Waals surface area contributed by atoms with Crippen LogP contribution in [0.1, 0.15) is 38.3 Å². The third-order valence-electron chi connectivity index (χ3n) is 3.27. The Kier molecular flexibility index (Phi) is 5.02. The summed E-state index contributed by atoms with van der Waals surface area (Å²) < 4.78 is 11.0. The third-order valence-corrected chi connectivity index (χ3v) is 3.27. The van der Waals surface area contributed by atoms with E-state index in [0.717, 1.165) is 38.4 Å². The van der Waals surface area contributed by atoms with Crippen LogP contribution >= 0.6 is 0 Å². The number of hydrogen-bond donors (Lipinski definition) is 1. The molecular weight excluding hydrogens is 226 g/mol. The van der Waals surface area contributed by atoms with E-state index < -0.39 is 0 Å². The Morgan fingerprint density at radius 3 is 2.78 bits per heavy atom. The van der Waals surface area contributed by atoms with Crippen LogP contribution in [0.4, 0.5) is 0 Å². The minimum absolute atomic E-state index is 0.358. The summed E-state index contributed by atoms with van der Waals surface area (Å²) in [6.07, 6.45) is 2.16. The van der Waals surface area contributed by atoms with E-state index in [0.29, 0.717) is 12.1 Å². The molecule has 2 rings (SSSR count). The predicted molar refractivity (Wildman–Crippen MR) is 73.0 cm³/mol. The summed E-state index contributed by atoms with van der Waals surface area (Å²) in [5.41, 5.74) is 1.30. The van der Waals surface area contributed by atoms with Gasteiger partial charge in [0.2, 0.25) is 0 Å². The van der Waals surface area contributed by atoms with Crippen LogP contribution in [0.2, 0.25) is 0 Å². The molecule has 18 heavy (non-hydrogen) atoms. The van der Waals surface area contributed by atoms with E-state index >= 15 is 0 Å². The lowest BCUT2D eigenvalue weighted by Crippen LogP contribution is -2.31. The number of ether oxygens (including phenoxy) is 2. The van der Waals surface area contributed by atoms with Gasteiger partial charge in [-0.3, -0.25) is 0 Å². The second kappa shape index (κ2) is 6.76. The van der Waals surface area contributed by atoms with E-state index in [1.54, 1.807) is 0 Å². The van der Waals surface area contributed by atoms with Crippen LogP contribution in [-0.4, -0.2) is 25.9 Å². The van der Waals surface area contributed by atoms with Gasteiger partial charge < -0.3 is 14.8 Å². The Balaban J connectivity index is 1.87. The van der Waals surface area contributed by atoms with Crippen molar-refractivity contribution in [2.75, 3.05) is 19.8 Å².